The molecule has 1 saturated heterocycles. The minimum atomic E-state index is 0.785. The van der Waals surface area contributed by atoms with Gasteiger partial charge >= 0.3 is 0 Å². The molecule has 3 rings (SSSR count). The average Bonchev–Trinajstić information content (AvgIpc) is 3.02. The molecule has 1 aliphatic heterocycles. The van der Waals surface area contributed by atoms with Crippen LogP contribution >= 0.6 is 0 Å². The van der Waals surface area contributed by atoms with Crippen LogP contribution in [0.3, 0.4) is 0 Å². The van der Waals surface area contributed by atoms with Gasteiger partial charge in [-0.15, -0.1) is 0 Å². The van der Waals surface area contributed by atoms with Gasteiger partial charge in [-0.25, -0.2) is 4.98 Å². The standard InChI is InChI=1S/C17H26N4/c1-14-13-16(21-11-5-6-12-21)20-17(19-14)18-10-9-15-7-3-2-4-8-15/h7,13H,2-6,8-12H2,1H3,(H,18,19,20). The van der Waals surface area contributed by atoms with Crippen molar-refractivity contribution in [1.82, 2.24) is 9.97 Å². The van der Waals surface area contributed by atoms with Gasteiger partial charge in [0.05, 0.1) is 0 Å². The number of aromatic nitrogens is 2. The van der Waals surface area contributed by atoms with Crippen LogP contribution in [0.4, 0.5) is 11.8 Å². The van der Waals surface area contributed by atoms with Crippen LogP contribution < -0.4 is 10.2 Å². The van der Waals surface area contributed by atoms with E-state index < -0.39 is 0 Å². The van der Waals surface area contributed by atoms with E-state index in [0.717, 1.165) is 43.5 Å². The molecule has 1 aromatic rings. The van der Waals surface area contributed by atoms with Crippen molar-refractivity contribution >= 4 is 11.8 Å². The first-order chi connectivity index (χ1) is 10.3. The smallest absolute Gasteiger partial charge is 0.224 e. The summed E-state index contributed by atoms with van der Waals surface area (Å²) in [6.45, 7) is 5.25. The Morgan fingerprint density at radius 2 is 2.00 bits per heavy atom. The fourth-order valence-corrected chi connectivity index (χ4v) is 3.21. The molecule has 4 heteroatoms. The third kappa shape index (κ3) is 3.96. The molecule has 0 aromatic carbocycles. The third-order valence-corrected chi connectivity index (χ3v) is 4.39. The Balaban J connectivity index is 1.58. The van der Waals surface area contributed by atoms with Crippen molar-refractivity contribution in [2.24, 2.45) is 0 Å². The molecule has 0 spiro atoms. The van der Waals surface area contributed by atoms with E-state index in [1.54, 1.807) is 5.57 Å². The number of hydrogen-bond donors (Lipinski definition) is 1. The number of anilines is 2. The molecule has 0 bridgehead atoms. The van der Waals surface area contributed by atoms with Crippen LogP contribution in [0.15, 0.2) is 17.7 Å². The third-order valence-electron chi connectivity index (χ3n) is 4.39. The van der Waals surface area contributed by atoms with Crippen LogP contribution in [0.25, 0.3) is 0 Å². The van der Waals surface area contributed by atoms with Crippen LogP contribution in [0, 0.1) is 6.92 Å². The maximum absolute atomic E-state index is 4.68. The van der Waals surface area contributed by atoms with Crippen molar-refractivity contribution in [2.75, 3.05) is 29.9 Å². The van der Waals surface area contributed by atoms with Gasteiger partial charge in [0.1, 0.15) is 5.82 Å². The summed E-state index contributed by atoms with van der Waals surface area (Å²) < 4.78 is 0. The molecule has 2 heterocycles. The first-order valence-corrected chi connectivity index (χ1v) is 8.34. The topological polar surface area (TPSA) is 41.1 Å². The monoisotopic (exact) mass is 286 g/mol. The summed E-state index contributed by atoms with van der Waals surface area (Å²) in [6, 6.07) is 2.10. The van der Waals surface area contributed by atoms with Gasteiger partial charge in [-0.05, 0) is 51.9 Å². The normalized spacial score (nSPS) is 18.7. The molecule has 21 heavy (non-hydrogen) atoms. The Morgan fingerprint density at radius 3 is 2.76 bits per heavy atom. The minimum Gasteiger partial charge on any atom is -0.356 e. The highest BCUT2D eigenvalue weighted by molar-refractivity contribution is 5.45. The predicted molar refractivity (Wildman–Crippen MR) is 87.9 cm³/mol. The quantitative estimate of drug-likeness (QED) is 0.838. The molecule has 114 valence electrons. The van der Waals surface area contributed by atoms with E-state index in [2.05, 4.69) is 39.3 Å². The maximum Gasteiger partial charge on any atom is 0.224 e. The molecule has 0 atom stereocenters. The second-order valence-electron chi connectivity index (χ2n) is 6.17. The summed E-state index contributed by atoms with van der Waals surface area (Å²) in [7, 11) is 0. The highest BCUT2D eigenvalue weighted by Crippen LogP contribution is 2.21. The average molecular weight is 286 g/mol. The number of allylic oxidation sites excluding steroid dienone is 1. The van der Waals surface area contributed by atoms with Gasteiger partial charge in [-0.1, -0.05) is 11.6 Å². The molecular formula is C17H26N4. The molecule has 1 fully saturated rings. The number of nitrogens with zero attached hydrogens (tertiary/aromatic N) is 3. The van der Waals surface area contributed by atoms with Gasteiger partial charge in [-0.3, -0.25) is 0 Å². The second kappa shape index (κ2) is 6.92. The summed E-state index contributed by atoms with van der Waals surface area (Å²) in [5, 5.41) is 3.41. The number of rotatable bonds is 5. The second-order valence-corrected chi connectivity index (χ2v) is 6.17. The molecule has 2 aliphatic rings. The Kier molecular flexibility index (Phi) is 4.73. The van der Waals surface area contributed by atoms with Crippen molar-refractivity contribution in [3.8, 4) is 0 Å². The van der Waals surface area contributed by atoms with Gasteiger partial charge < -0.3 is 10.2 Å². The molecule has 1 aliphatic carbocycles. The Morgan fingerprint density at radius 1 is 1.14 bits per heavy atom. The van der Waals surface area contributed by atoms with E-state index >= 15 is 0 Å². The summed E-state index contributed by atoms with van der Waals surface area (Å²) in [6.07, 6.45) is 11.3. The van der Waals surface area contributed by atoms with E-state index in [4.69, 9.17) is 0 Å². The lowest BCUT2D eigenvalue weighted by Crippen LogP contribution is -2.20. The highest BCUT2D eigenvalue weighted by atomic mass is 15.2. The van der Waals surface area contributed by atoms with E-state index in [1.807, 2.05) is 0 Å². The fourth-order valence-electron chi connectivity index (χ4n) is 3.21. The maximum atomic E-state index is 4.68. The van der Waals surface area contributed by atoms with Crippen molar-refractivity contribution < 1.29 is 0 Å². The largest absolute Gasteiger partial charge is 0.356 e. The molecule has 0 saturated carbocycles. The first-order valence-electron chi connectivity index (χ1n) is 8.34. The molecule has 0 radical (unpaired) electrons. The van der Waals surface area contributed by atoms with Gasteiger partial charge in [0.2, 0.25) is 5.95 Å². The Hall–Kier alpha value is -1.58. The van der Waals surface area contributed by atoms with Crippen LogP contribution in [-0.2, 0) is 0 Å². The predicted octanol–water partition coefficient (Wildman–Crippen LogP) is 3.69. The van der Waals surface area contributed by atoms with Crippen LogP contribution in [0.1, 0.15) is 50.6 Å². The van der Waals surface area contributed by atoms with E-state index in [0.29, 0.717) is 0 Å². The lowest BCUT2D eigenvalue weighted by molar-refractivity contribution is 0.679. The zero-order valence-electron chi connectivity index (χ0n) is 13.1. The summed E-state index contributed by atoms with van der Waals surface area (Å²) >= 11 is 0. The zero-order valence-corrected chi connectivity index (χ0v) is 13.1. The molecule has 0 unspecified atom stereocenters. The van der Waals surface area contributed by atoms with Crippen molar-refractivity contribution in [3.05, 3.63) is 23.4 Å². The lowest BCUT2D eigenvalue weighted by Gasteiger charge is -2.18. The summed E-state index contributed by atoms with van der Waals surface area (Å²) in [5.41, 5.74) is 2.65. The van der Waals surface area contributed by atoms with Gasteiger partial charge in [0.15, 0.2) is 0 Å². The fraction of sp³-hybridized carbons (Fsp3) is 0.647. The number of aryl methyl sites for hydroxylation is 1. The summed E-state index contributed by atoms with van der Waals surface area (Å²) in [5.74, 6) is 1.87. The van der Waals surface area contributed by atoms with Gasteiger partial charge in [0, 0.05) is 31.4 Å². The van der Waals surface area contributed by atoms with Crippen molar-refractivity contribution in [3.63, 3.8) is 0 Å². The molecule has 1 aromatic heterocycles. The lowest BCUT2D eigenvalue weighted by atomic mass is 9.97. The Bertz CT molecular complexity index is 504. The molecule has 4 nitrogen and oxygen atoms in total. The molecule has 1 N–H and O–H groups in total. The van der Waals surface area contributed by atoms with Gasteiger partial charge in [-0.2, -0.15) is 4.98 Å². The molecule has 0 amide bonds. The minimum absolute atomic E-state index is 0.785. The van der Waals surface area contributed by atoms with Crippen LogP contribution in [0.5, 0.6) is 0 Å². The zero-order chi connectivity index (χ0) is 14.5. The first kappa shape index (κ1) is 14.4. The van der Waals surface area contributed by atoms with Gasteiger partial charge in [0.25, 0.3) is 0 Å². The highest BCUT2D eigenvalue weighted by Gasteiger charge is 2.15. The number of hydrogen-bond acceptors (Lipinski definition) is 4. The molecular weight excluding hydrogens is 260 g/mol. The summed E-state index contributed by atoms with van der Waals surface area (Å²) in [4.78, 5) is 11.6. The van der Waals surface area contributed by atoms with E-state index in [1.165, 1.54) is 38.5 Å². The van der Waals surface area contributed by atoms with E-state index in [9.17, 15) is 0 Å². The number of nitrogens with one attached hydrogen (secondary N) is 1. The Labute approximate surface area is 127 Å². The SMILES string of the molecule is Cc1cc(N2CCCC2)nc(NCCC2=CCCCC2)n1. The van der Waals surface area contributed by atoms with Crippen molar-refractivity contribution in [1.29, 1.82) is 0 Å². The van der Waals surface area contributed by atoms with E-state index in [-0.39, 0.29) is 0 Å². The van der Waals surface area contributed by atoms with Crippen molar-refractivity contribution in [2.45, 2.75) is 51.9 Å². The van der Waals surface area contributed by atoms with Crippen LogP contribution in [0.2, 0.25) is 0 Å². The van der Waals surface area contributed by atoms with Crippen LogP contribution in [-0.4, -0.2) is 29.6 Å².